The average Bonchev–Trinajstić information content (AvgIpc) is 3.37. The van der Waals surface area contributed by atoms with Crippen LogP contribution in [0.5, 0.6) is 0 Å². The first-order chi connectivity index (χ1) is 12.9. The van der Waals surface area contributed by atoms with Gasteiger partial charge in [-0.2, -0.15) is 11.3 Å². The highest BCUT2D eigenvalue weighted by molar-refractivity contribution is 7.08. The predicted molar refractivity (Wildman–Crippen MR) is 104 cm³/mol. The van der Waals surface area contributed by atoms with Crippen LogP contribution in [0.25, 0.3) is 0 Å². The van der Waals surface area contributed by atoms with Gasteiger partial charge >= 0.3 is 11.8 Å². The lowest BCUT2D eigenvalue weighted by Crippen LogP contribution is -2.45. The smallest absolute Gasteiger partial charge is 0.313 e. The van der Waals surface area contributed by atoms with Crippen molar-refractivity contribution in [3.05, 3.63) is 75.3 Å². The molecule has 0 aliphatic heterocycles. The van der Waals surface area contributed by atoms with Crippen LogP contribution in [0.2, 0.25) is 5.02 Å². The van der Waals surface area contributed by atoms with Crippen molar-refractivity contribution < 1.29 is 19.1 Å². The van der Waals surface area contributed by atoms with Gasteiger partial charge in [-0.1, -0.05) is 17.7 Å². The molecule has 0 fully saturated rings. The normalized spacial score (nSPS) is 13.0. The van der Waals surface area contributed by atoms with E-state index in [1.807, 2.05) is 0 Å². The third-order valence-electron chi connectivity index (χ3n) is 4.15. The molecule has 3 rings (SSSR count). The first-order valence-corrected chi connectivity index (χ1v) is 9.37. The average molecular weight is 405 g/mol. The Morgan fingerprint density at radius 3 is 2.70 bits per heavy atom. The Bertz CT molecular complexity index is 905. The lowest BCUT2D eigenvalue weighted by atomic mass is 9.93. The largest absolute Gasteiger partial charge is 0.466 e. The Labute approximate surface area is 164 Å². The number of halogens is 1. The molecular formula is C19H17ClN2O4S. The van der Waals surface area contributed by atoms with Gasteiger partial charge in [0.05, 0.1) is 12.8 Å². The quantitative estimate of drug-likeness (QED) is 0.569. The summed E-state index contributed by atoms with van der Waals surface area (Å²) in [5.41, 5.74) is 0.0899. The number of thiophene rings is 1. The summed E-state index contributed by atoms with van der Waals surface area (Å²) in [6, 6.07) is 10.0. The molecule has 0 saturated heterocycles. The summed E-state index contributed by atoms with van der Waals surface area (Å²) in [6.07, 6.45) is 1.43. The van der Waals surface area contributed by atoms with E-state index in [9.17, 15) is 14.7 Å². The highest BCUT2D eigenvalue weighted by Crippen LogP contribution is 2.31. The Morgan fingerprint density at radius 1 is 1.22 bits per heavy atom. The van der Waals surface area contributed by atoms with Gasteiger partial charge in [0, 0.05) is 16.3 Å². The van der Waals surface area contributed by atoms with E-state index < -0.39 is 17.4 Å². The number of hydrogen-bond acceptors (Lipinski definition) is 5. The molecule has 6 nitrogen and oxygen atoms in total. The molecule has 0 radical (unpaired) electrons. The zero-order valence-electron chi connectivity index (χ0n) is 14.4. The van der Waals surface area contributed by atoms with Crippen molar-refractivity contribution >= 4 is 40.4 Å². The van der Waals surface area contributed by atoms with Crippen molar-refractivity contribution in [3.63, 3.8) is 0 Å². The van der Waals surface area contributed by atoms with E-state index in [0.717, 1.165) is 0 Å². The van der Waals surface area contributed by atoms with Crippen LogP contribution in [0.15, 0.2) is 57.8 Å². The van der Waals surface area contributed by atoms with Gasteiger partial charge in [0.25, 0.3) is 0 Å². The van der Waals surface area contributed by atoms with Crippen LogP contribution in [0.3, 0.4) is 0 Å². The van der Waals surface area contributed by atoms with Crippen LogP contribution >= 0.6 is 22.9 Å². The van der Waals surface area contributed by atoms with E-state index >= 15 is 0 Å². The molecule has 0 aliphatic carbocycles. The molecule has 2 aromatic heterocycles. The van der Waals surface area contributed by atoms with Gasteiger partial charge < -0.3 is 20.2 Å². The molecule has 0 unspecified atom stereocenters. The highest BCUT2D eigenvalue weighted by atomic mass is 35.5. The first kappa shape index (κ1) is 19.2. The molecule has 140 valence electrons. The fraction of sp³-hybridized carbons (Fsp3) is 0.158. The summed E-state index contributed by atoms with van der Waals surface area (Å²) < 4.78 is 5.33. The summed E-state index contributed by atoms with van der Waals surface area (Å²) in [5, 5.41) is 20.1. The van der Waals surface area contributed by atoms with Gasteiger partial charge in [-0.25, -0.2) is 0 Å². The number of anilines is 1. The minimum absolute atomic E-state index is 0.224. The zero-order chi connectivity index (χ0) is 19.4. The van der Waals surface area contributed by atoms with Gasteiger partial charge in [-0.05, 0) is 53.6 Å². The van der Waals surface area contributed by atoms with E-state index in [1.54, 1.807) is 54.1 Å². The number of carbonyl (C=O) groups excluding carboxylic acids is 2. The SMILES string of the molecule is Cc1c(Cl)cccc1NC(=O)C(=O)NC[C@](O)(c1ccsc1)c1ccco1. The van der Waals surface area contributed by atoms with Crippen molar-refractivity contribution in [2.75, 3.05) is 11.9 Å². The maximum Gasteiger partial charge on any atom is 0.313 e. The van der Waals surface area contributed by atoms with Gasteiger partial charge in [0.15, 0.2) is 5.60 Å². The fourth-order valence-corrected chi connectivity index (χ4v) is 3.45. The van der Waals surface area contributed by atoms with Crippen molar-refractivity contribution in [3.8, 4) is 0 Å². The molecule has 0 spiro atoms. The minimum atomic E-state index is -1.58. The number of carbonyl (C=O) groups is 2. The maximum atomic E-state index is 12.2. The van der Waals surface area contributed by atoms with Crippen LogP contribution in [-0.4, -0.2) is 23.5 Å². The molecule has 0 aliphatic rings. The highest BCUT2D eigenvalue weighted by Gasteiger charge is 2.36. The van der Waals surface area contributed by atoms with Crippen LogP contribution in [0.4, 0.5) is 5.69 Å². The van der Waals surface area contributed by atoms with E-state index in [4.69, 9.17) is 16.0 Å². The van der Waals surface area contributed by atoms with Crippen molar-refractivity contribution in [1.29, 1.82) is 0 Å². The second-order valence-electron chi connectivity index (χ2n) is 5.90. The van der Waals surface area contributed by atoms with Crippen molar-refractivity contribution in [1.82, 2.24) is 5.32 Å². The summed E-state index contributed by atoms with van der Waals surface area (Å²) in [4.78, 5) is 24.4. The molecule has 2 heterocycles. The Balaban J connectivity index is 1.71. The third kappa shape index (κ3) is 4.05. The van der Waals surface area contributed by atoms with Crippen molar-refractivity contribution in [2.24, 2.45) is 0 Å². The number of amides is 2. The lowest BCUT2D eigenvalue weighted by molar-refractivity contribution is -0.136. The molecule has 1 aromatic carbocycles. The summed E-state index contributed by atoms with van der Waals surface area (Å²) in [6.45, 7) is 1.51. The summed E-state index contributed by atoms with van der Waals surface area (Å²) in [5.74, 6) is -1.46. The minimum Gasteiger partial charge on any atom is -0.466 e. The lowest BCUT2D eigenvalue weighted by Gasteiger charge is -2.25. The van der Waals surface area contributed by atoms with Gasteiger partial charge in [-0.15, -0.1) is 0 Å². The van der Waals surface area contributed by atoms with Gasteiger partial charge in [0.1, 0.15) is 5.76 Å². The summed E-state index contributed by atoms with van der Waals surface area (Å²) >= 11 is 7.42. The second kappa shape index (κ2) is 7.96. The molecule has 0 saturated carbocycles. The fourth-order valence-electron chi connectivity index (χ4n) is 2.56. The van der Waals surface area contributed by atoms with Crippen LogP contribution in [-0.2, 0) is 15.2 Å². The van der Waals surface area contributed by atoms with E-state index in [1.165, 1.54) is 17.6 Å². The monoisotopic (exact) mass is 404 g/mol. The zero-order valence-corrected chi connectivity index (χ0v) is 15.9. The number of benzene rings is 1. The number of rotatable bonds is 5. The van der Waals surface area contributed by atoms with Crippen molar-refractivity contribution in [2.45, 2.75) is 12.5 Å². The van der Waals surface area contributed by atoms with Crippen LogP contribution in [0.1, 0.15) is 16.9 Å². The topological polar surface area (TPSA) is 91.6 Å². The van der Waals surface area contributed by atoms with Crippen LogP contribution < -0.4 is 10.6 Å². The number of hydrogen-bond donors (Lipinski definition) is 3. The first-order valence-electron chi connectivity index (χ1n) is 8.05. The van der Waals surface area contributed by atoms with E-state index in [-0.39, 0.29) is 12.3 Å². The molecule has 8 heteroatoms. The van der Waals surface area contributed by atoms with Gasteiger partial charge in [0.2, 0.25) is 0 Å². The van der Waals surface area contributed by atoms with Gasteiger partial charge in [-0.3, -0.25) is 9.59 Å². The van der Waals surface area contributed by atoms with Crippen LogP contribution in [0, 0.1) is 6.92 Å². The Kier molecular flexibility index (Phi) is 5.65. The molecule has 3 N–H and O–H groups in total. The molecular weight excluding hydrogens is 388 g/mol. The molecule has 3 aromatic rings. The third-order valence-corrected chi connectivity index (χ3v) is 5.25. The number of furan rings is 1. The van der Waals surface area contributed by atoms with E-state index in [0.29, 0.717) is 21.8 Å². The Morgan fingerprint density at radius 2 is 2.04 bits per heavy atom. The number of aliphatic hydroxyl groups is 1. The second-order valence-corrected chi connectivity index (χ2v) is 7.09. The predicted octanol–water partition coefficient (Wildman–Crippen LogP) is 3.29. The molecule has 2 amide bonds. The van der Waals surface area contributed by atoms with E-state index in [2.05, 4.69) is 10.6 Å². The molecule has 0 bridgehead atoms. The summed E-state index contributed by atoms with van der Waals surface area (Å²) in [7, 11) is 0. The Hall–Kier alpha value is -2.61. The molecule has 27 heavy (non-hydrogen) atoms. The number of nitrogens with one attached hydrogen (secondary N) is 2. The molecule has 1 atom stereocenters. The maximum absolute atomic E-state index is 12.2. The standard InChI is InChI=1S/C19H17ClN2O4S/c1-12-14(20)4-2-5-15(12)22-18(24)17(23)21-11-19(25,13-7-9-27-10-13)16-6-3-8-26-16/h2-10,25H,11H2,1H3,(H,21,23)(H,22,24)/t19-/m0/s1.